The van der Waals surface area contributed by atoms with Crippen LogP contribution in [0.3, 0.4) is 0 Å². The molecule has 0 amide bonds. The summed E-state index contributed by atoms with van der Waals surface area (Å²) >= 11 is 0. The van der Waals surface area contributed by atoms with Gasteiger partial charge in [0.15, 0.2) is 5.75 Å². The number of carbonyl (C=O) groups excluding carboxylic acids is 1. The molecule has 64 valence electrons. The highest BCUT2D eigenvalue weighted by molar-refractivity contribution is 5.45. The molecule has 1 aromatic heterocycles. The van der Waals surface area contributed by atoms with Gasteiger partial charge in [-0.25, -0.2) is 0 Å². The molecule has 0 aliphatic heterocycles. The summed E-state index contributed by atoms with van der Waals surface area (Å²) in [6, 6.07) is 0. The van der Waals surface area contributed by atoms with E-state index in [1.165, 1.54) is 0 Å². The molecule has 0 radical (unpaired) electrons. The highest BCUT2D eigenvalue weighted by Crippen LogP contribution is 2.14. The van der Waals surface area contributed by atoms with Gasteiger partial charge in [-0.05, 0) is 6.92 Å². The van der Waals surface area contributed by atoms with E-state index in [0.717, 1.165) is 0 Å². The summed E-state index contributed by atoms with van der Waals surface area (Å²) < 4.78 is 6.32. The van der Waals surface area contributed by atoms with Crippen LogP contribution in [0, 0.1) is 6.92 Å². The van der Waals surface area contributed by atoms with Crippen molar-refractivity contribution < 1.29 is 9.53 Å². The van der Waals surface area contributed by atoms with E-state index in [-0.39, 0.29) is 0 Å². The van der Waals surface area contributed by atoms with Gasteiger partial charge in [0.05, 0.1) is 12.7 Å². The van der Waals surface area contributed by atoms with E-state index in [9.17, 15) is 4.79 Å². The lowest BCUT2D eigenvalue weighted by Crippen LogP contribution is -1.94. The fourth-order valence-electron chi connectivity index (χ4n) is 0.893. The largest absolute Gasteiger partial charge is 0.425 e. The molecule has 0 bridgehead atoms. The highest BCUT2D eigenvalue weighted by Gasteiger charge is 2.03. The molecule has 0 aliphatic carbocycles. The second-order valence-electron chi connectivity index (χ2n) is 2.30. The van der Waals surface area contributed by atoms with Crippen LogP contribution in [0.5, 0.6) is 5.75 Å². The lowest BCUT2D eigenvalue weighted by atomic mass is 10.4. The first-order valence-electron chi connectivity index (χ1n) is 3.53. The summed E-state index contributed by atoms with van der Waals surface area (Å²) in [5.41, 5.74) is 0.698. The summed E-state index contributed by atoms with van der Waals surface area (Å²) in [6.45, 7) is 6.35. The zero-order valence-electron chi connectivity index (χ0n) is 6.86. The van der Waals surface area contributed by atoms with Crippen LogP contribution in [0.2, 0.25) is 0 Å². The van der Waals surface area contributed by atoms with Gasteiger partial charge in [-0.15, -0.1) is 6.58 Å². The molecule has 1 rings (SSSR count). The van der Waals surface area contributed by atoms with Gasteiger partial charge in [0.25, 0.3) is 6.47 Å². The minimum absolute atomic E-state index is 0.391. The van der Waals surface area contributed by atoms with Gasteiger partial charge in [0, 0.05) is 0 Å². The summed E-state index contributed by atoms with van der Waals surface area (Å²) in [7, 11) is 0. The van der Waals surface area contributed by atoms with Gasteiger partial charge in [0.2, 0.25) is 0 Å². The van der Waals surface area contributed by atoms with Gasteiger partial charge in [-0.2, -0.15) is 5.10 Å². The van der Waals surface area contributed by atoms with E-state index in [2.05, 4.69) is 16.4 Å². The molecule has 4 nitrogen and oxygen atoms in total. The van der Waals surface area contributed by atoms with E-state index in [4.69, 9.17) is 0 Å². The molecule has 12 heavy (non-hydrogen) atoms. The van der Waals surface area contributed by atoms with Gasteiger partial charge in [-0.1, -0.05) is 6.08 Å². The maximum Gasteiger partial charge on any atom is 0.298 e. The molecular formula is C8H10N2O2. The SMILES string of the molecule is C=CCn1cc(OC=O)c(C)n1. The van der Waals surface area contributed by atoms with Crippen LogP contribution in [0.4, 0.5) is 0 Å². The van der Waals surface area contributed by atoms with Crippen molar-refractivity contribution in [1.82, 2.24) is 9.78 Å². The third-order valence-electron chi connectivity index (χ3n) is 1.39. The lowest BCUT2D eigenvalue weighted by Gasteiger charge is -1.91. The van der Waals surface area contributed by atoms with Crippen molar-refractivity contribution in [1.29, 1.82) is 0 Å². The molecule has 0 atom stereocenters. The Balaban J connectivity index is 2.83. The van der Waals surface area contributed by atoms with Crippen LogP contribution in [-0.2, 0) is 11.3 Å². The fraction of sp³-hybridized carbons (Fsp3) is 0.250. The number of ether oxygens (including phenoxy) is 1. The van der Waals surface area contributed by atoms with Crippen molar-refractivity contribution in [2.45, 2.75) is 13.5 Å². The van der Waals surface area contributed by atoms with Crippen molar-refractivity contribution in [2.75, 3.05) is 0 Å². The maximum atomic E-state index is 10.0. The molecule has 0 aromatic carbocycles. The molecule has 0 spiro atoms. The number of aromatic nitrogens is 2. The number of aryl methyl sites for hydroxylation is 1. The second-order valence-corrected chi connectivity index (χ2v) is 2.30. The third-order valence-corrected chi connectivity index (χ3v) is 1.39. The Kier molecular flexibility index (Phi) is 2.63. The summed E-state index contributed by atoms with van der Waals surface area (Å²) in [5.74, 6) is 0.492. The molecule has 1 heterocycles. The Morgan fingerprint density at radius 1 is 1.83 bits per heavy atom. The summed E-state index contributed by atoms with van der Waals surface area (Å²) in [4.78, 5) is 10.0. The number of nitrogens with zero attached hydrogens (tertiary/aromatic N) is 2. The number of carbonyl (C=O) groups is 1. The van der Waals surface area contributed by atoms with Crippen molar-refractivity contribution in [3.63, 3.8) is 0 Å². The minimum Gasteiger partial charge on any atom is -0.425 e. The van der Waals surface area contributed by atoms with Crippen LogP contribution in [-0.4, -0.2) is 16.3 Å². The van der Waals surface area contributed by atoms with E-state index in [0.29, 0.717) is 24.5 Å². The Morgan fingerprint density at radius 3 is 3.17 bits per heavy atom. The second kappa shape index (κ2) is 3.71. The Bertz CT molecular complexity index is 291. The van der Waals surface area contributed by atoms with Crippen LogP contribution in [0.15, 0.2) is 18.9 Å². The van der Waals surface area contributed by atoms with Crippen LogP contribution >= 0.6 is 0 Å². The molecule has 0 saturated heterocycles. The Labute approximate surface area is 70.4 Å². The Hall–Kier alpha value is -1.58. The van der Waals surface area contributed by atoms with Gasteiger partial charge < -0.3 is 4.74 Å². The molecule has 0 aliphatic rings. The third kappa shape index (κ3) is 1.72. The van der Waals surface area contributed by atoms with Crippen LogP contribution in [0.25, 0.3) is 0 Å². The number of allylic oxidation sites excluding steroid dienone is 1. The summed E-state index contributed by atoms with van der Waals surface area (Å²) in [5, 5.41) is 4.08. The standard InChI is InChI=1S/C8H10N2O2/c1-3-4-10-5-8(12-6-11)7(2)9-10/h3,5-6H,1,4H2,2H3. The van der Waals surface area contributed by atoms with Crippen molar-refractivity contribution >= 4 is 6.47 Å². The van der Waals surface area contributed by atoms with Gasteiger partial charge >= 0.3 is 0 Å². The van der Waals surface area contributed by atoms with Gasteiger partial charge in [-0.3, -0.25) is 9.48 Å². The smallest absolute Gasteiger partial charge is 0.298 e. The van der Waals surface area contributed by atoms with E-state index in [1.807, 2.05) is 0 Å². The average Bonchev–Trinajstić information content (AvgIpc) is 2.34. The van der Waals surface area contributed by atoms with Crippen molar-refractivity contribution in [2.24, 2.45) is 0 Å². The molecule has 0 saturated carbocycles. The van der Waals surface area contributed by atoms with E-state index >= 15 is 0 Å². The predicted molar refractivity (Wildman–Crippen MR) is 43.9 cm³/mol. The minimum atomic E-state index is 0.391. The van der Waals surface area contributed by atoms with E-state index < -0.39 is 0 Å². The number of hydrogen-bond donors (Lipinski definition) is 0. The average molecular weight is 166 g/mol. The first-order valence-corrected chi connectivity index (χ1v) is 3.53. The fourth-order valence-corrected chi connectivity index (χ4v) is 0.893. The molecule has 4 heteroatoms. The number of hydrogen-bond acceptors (Lipinski definition) is 3. The number of rotatable bonds is 4. The molecule has 0 fully saturated rings. The first kappa shape index (κ1) is 8.52. The van der Waals surface area contributed by atoms with Crippen molar-refractivity contribution in [3.8, 4) is 5.75 Å². The summed E-state index contributed by atoms with van der Waals surface area (Å²) in [6.07, 6.45) is 3.38. The Morgan fingerprint density at radius 2 is 2.58 bits per heavy atom. The van der Waals surface area contributed by atoms with Gasteiger partial charge in [0.1, 0.15) is 5.69 Å². The first-order chi connectivity index (χ1) is 5.77. The predicted octanol–water partition coefficient (Wildman–Crippen LogP) is 0.913. The van der Waals surface area contributed by atoms with Crippen molar-refractivity contribution in [3.05, 3.63) is 24.5 Å². The van der Waals surface area contributed by atoms with Crippen LogP contribution < -0.4 is 4.74 Å². The molecular weight excluding hydrogens is 156 g/mol. The quantitative estimate of drug-likeness (QED) is 0.493. The zero-order chi connectivity index (χ0) is 8.97. The topological polar surface area (TPSA) is 44.1 Å². The lowest BCUT2D eigenvalue weighted by molar-refractivity contribution is -0.120. The zero-order valence-corrected chi connectivity index (χ0v) is 6.86. The highest BCUT2D eigenvalue weighted by atomic mass is 16.5. The van der Waals surface area contributed by atoms with Crippen LogP contribution in [0.1, 0.15) is 5.69 Å². The maximum absolute atomic E-state index is 10.0. The monoisotopic (exact) mass is 166 g/mol. The molecule has 0 unspecified atom stereocenters. The molecule has 0 N–H and O–H groups in total. The normalized spacial score (nSPS) is 9.42. The molecule has 1 aromatic rings. The van der Waals surface area contributed by atoms with E-state index in [1.54, 1.807) is 23.9 Å².